The van der Waals surface area contributed by atoms with Crippen LogP contribution in [0.3, 0.4) is 0 Å². The molecule has 126 valence electrons. The Kier molecular flexibility index (Phi) is 3.76. The van der Waals surface area contributed by atoms with Crippen LogP contribution in [0.2, 0.25) is 0 Å². The number of benzene rings is 2. The fraction of sp³-hybridized carbons (Fsp3) is 0.200. The van der Waals surface area contributed by atoms with Crippen molar-refractivity contribution in [2.45, 2.75) is 19.3 Å². The highest BCUT2D eigenvalue weighted by Crippen LogP contribution is 2.26. The molecule has 4 rings (SSSR count). The van der Waals surface area contributed by atoms with E-state index in [0.29, 0.717) is 22.4 Å². The normalized spacial score (nSPS) is 12.8. The van der Waals surface area contributed by atoms with E-state index in [1.54, 1.807) is 18.2 Å². The fourth-order valence-corrected chi connectivity index (χ4v) is 3.28. The Labute approximate surface area is 144 Å². The third-order valence-electron chi connectivity index (χ3n) is 4.54. The maximum atomic E-state index is 12.5. The van der Waals surface area contributed by atoms with Crippen molar-refractivity contribution in [3.63, 3.8) is 0 Å². The Morgan fingerprint density at radius 1 is 1.12 bits per heavy atom. The van der Waals surface area contributed by atoms with Crippen LogP contribution in [-0.2, 0) is 12.8 Å². The van der Waals surface area contributed by atoms with Gasteiger partial charge in [-0.25, -0.2) is 4.79 Å². The minimum atomic E-state index is -0.685. The van der Waals surface area contributed by atoms with Crippen LogP contribution >= 0.6 is 0 Å². The van der Waals surface area contributed by atoms with Crippen molar-refractivity contribution in [2.75, 3.05) is 12.4 Å². The molecule has 3 aromatic rings. The molecule has 5 nitrogen and oxygen atoms in total. The van der Waals surface area contributed by atoms with Gasteiger partial charge in [0.15, 0.2) is 11.3 Å². The summed E-state index contributed by atoms with van der Waals surface area (Å²) in [4.78, 5) is 24.8. The molecule has 1 aliphatic carbocycles. The van der Waals surface area contributed by atoms with Crippen LogP contribution in [0, 0.1) is 0 Å². The minimum Gasteiger partial charge on any atom is -0.493 e. The lowest BCUT2D eigenvalue weighted by Crippen LogP contribution is -2.20. The van der Waals surface area contributed by atoms with Gasteiger partial charge in [-0.2, -0.15) is 0 Å². The van der Waals surface area contributed by atoms with Crippen LogP contribution in [-0.4, -0.2) is 13.0 Å². The van der Waals surface area contributed by atoms with Crippen LogP contribution in [0.4, 0.5) is 5.69 Å². The molecule has 2 aromatic carbocycles. The van der Waals surface area contributed by atoms with E-state index in [9.17, 15) is 9.59 Å². The second kappa shape index (κ2) is 6.09. The first kappa shape index (κ1) is 15.4. The van der Waals surface area contributed by atoms with Gasteiger partial charge >= 0.3 is 5.63 Å². The zero-order valence-electron chi connectivity index (χ0n) is 13.8. The maximum Gasteiger partial charge on any atom is 0.349 e. The van der Waals surface area contributed by atoms with Crippen molar-refractivity contribution in [3.8, 4) is 5.75 Å². The second-order valence-electron chi connectivity index (χ2n) is 6.12. The van der Waals surface area contributed by atoms with E-state index in [2.05, 4.69) is 5.32 Å². The van der Waals surface area contributed by atoms with Gasteiger partial charge in [-0.15, -0.1) is 0 Å². The average Bonchev–Trinajstić information content (AvgIpc) is 3.08. The standard InChI is InChI=1S/C20H17NO4/c1-24-17-7-3-6-14-11-16(20(23)25-18(14)17)19(22)21-15-9-8-12-4-2-5-13(12)10-15/h3,6-11H,2,4-5H2,1H3,(H,21,22). The van der Waals surface area contributed by atoms with Crippen LogP contribution in [0.1, 0.15) is 27.9 Å². The number of aryl methyl sites for hydroxylation is 2. The molecule has 25 heavy (non-hydrogen) atoms. The Bertz CT molecular complexity index is 1040. The molecule has 0 saturated carbocycles. The molecule has 1 aliphatic rings. The molecule has 0 fully saturated rings. The number of rotatable bonds is 3. The van der Waals surface area contributed by atoms with E-state index in [0.717, 1.165) is 19.3 Å². The molecule has 0 atom stereocenters. The maximum absolute atomic E-state index is 12.5. The Balaban J connectivity index is 1.68. The minimum absolute atomic E-state index is 0.0266. The molecule has 5 heteroatoms. The lowest BCUT2D eigenvalue weighted by molar-refractivity contribution is 0.102. The van der Waals surface area contributed by atoms with E-state index in [-0.39, 0.29) is 5.56 Å². The number of anilines is 1. The summed E-state index contributed by atoms with van der Waals surface area (Å²) in [5.74, 6) is -0.0170. The molecular weight excluding hydrogens is 318 g/mol. The molecule has 1 aromatic heterocycles. The van der Waals surface area contributed by atoms with Crippen molar-refractivity contribution in [3.05, 3.63) is 69.6 Å². The van der Waals surface area contributed by atoms with Gasteiger partial charge in [-0.05, 0) is 54.7 Å². The summed E-state index contributed by atoms with van der Waals surface area (Å²) in [6.07, 6.45) is 3.25. The summed E-state index contributed by atoms with van der Waals surface area (Å²) in [7, 11) is 1.50. The van der Waals surface area contributed by atoms with Gasteiger partial charge in [0.25, 0.3) is 5.91 Å². The molecule has 0 unspecified atom stereocenters. The third-order valence-corrected chi connectivity index (χ3v) is 4.54. The van der Waals surface area contributed by atoms with Crippen LogP contribution in [0.15, 0.2) is 51.7 Å². The Morgan fingerprint density at radius 2 is 1.96 bits per heavy atom. The quantitative estimate of drug-likeness (QED) is 0.743. The van der Waals surface area contributed by atoms with Crippen LogP contribution < -0.4 is 15.7 Å². The summed E-state index contributed by atoms with van der Waals surface area (Å²) >= 11 is 0. The highest BCUT2D eigenvalue weighted by Gasteiger charge is 2.17. The zero-order valence-corrected chi connectivity index (χ0v) is 13.8. The number of carbonyl (C=O) groups excluding carboxylic acids is 1. The van der Waals surface area contributed by atoms with E-state index < -0.39 is 11.5 Å². The van der Waals surface area contributed by atoms with Gasteiger partial charge in [0.1, 0.15) is 5.56 Å². The highest BCUT2D eigenvalue weighted by molar-refractivity contribution is 6.05. The topological polar surface area (TPSA) is 68.5 Å². The molecule has 1 heterocycles. The Morgan fingerprint density at radius 3 is 2.80 bits per heavy atom. The number of hydrogen-bond donors (Lipinski definition) is 1. The van der Waals surface area contributed by atoms with Crippen molar-refractivity contribution in [2.24, 2.45) is 0 Å². The van der Waals surface area contributed by atoms with Gasteiger partial charge in [0.05, 0.1) is 7.11 Å². The monoisotopic (exact) mass is 335 g/mol. The number of fused-ring (bicyclic) bond motifs is 2. The number of hydrogen-bond acceptors (Lipinski definition) is 4. The summed E-state index contributed by atoms with van der Waals surface area (Å²) in [5, 5.41) is 3.43. The fourth-order valence-electron chi connectivity index (χ4n) is 3.28. The van der Waals surface area contributed by atoms with E-state index >= 15 is 0 Å². The van der Waals surface area contributed by atoms with Gasteiger partial charge in [0, 0.05) is 11.1 Å². The van der Waals surface area contributed by atoms with Gasteiger partial charge in [-0.1, -0.05) is 18.2 Å². The first-order chi connectivity index (χ1) is 12.2. The SMILES string of the molecule is COc1cccc2cc(C(=O)Nc3ccc4c(c3)CCC4)c(=O)oc12. The zero-order chi connectivity index (χ0) is 17.4. The number of ether oxygens (including phenoxy) is 1. The summed E-state index contributed by atoms with van der Waals surface area (Å²) in [6.45, 7) is 0. The molecule has 1 amide bonds. The van der Waals surface area contributed by atoms with E-state index in [4.69, 9.17) is 9.15 Å². The first-order valence-corrected chi connectivity index (χ1v) is 8.20. The highest BCUT2D eigenvalue weighted by atomic mass is 16.5. The lowest BCUT2D eigenvalue weighted by atomic mass is 10.1. The molecule has 0 aliphatic heterocycles. The molecule has 0 bridgehead atoms. The Hall–Kier alpha value is -3.08. The van der Waals surface area contributed by atoms with Crippen LogP contribution in [0.25, 0.3) is 11.0 Å². The van der Waals surface area contributed by atoms with Crippen molar-refractivity contribution < 1.29 is 13.9 Å². The number of methoxy groups -OCH3 is 1. The second-order valence-corrected chi connectivity index (χ2v) is 6.12. The average molecular weight is 335 g/mol. The lowest BCUT2D eigenvalue weighted by Gasteiger charge is -2.08. The predicted octanol–water partition coefficient (Wildman–Crippen LogP) is 3.54. The molecule has 0 radical (unpaired) electrons. The number of para-hydroxylation sites is 1. The summed E-state index contributed by atoms with van der Waals surface area (Å²) < 4.78 is 10.5. The third kappa shape index (κ3) is 2.78. The van der Waals surface area contributed by atoms with Crippen molar-refractivity contribution in [1.82, 2.24) is 0 Å². The number of nitrogens with one attached hydrogen (secondary N) is 1. The largest absolute Gasteiger partial charge is 0.493 e. The molecule has 1 N–H and O–H groups in total. The first-order valence-electron chi connectivity index (χ1n) is 8.20. The van der Waals surface area contributed by atoms with Gasteiger partial charge in [-0.3, -0.25) is 4.79 Å². The summed E-state index contributed by atoms with van der Waals surface area (Å²) in [5.41, 5.74) is 2.90. The van der Waals surface area contributed by atoms with Crippen molar-refractivity contribution >= 4 is 22.6 Å². The van der Waals surface area contributed by atoms with E-state index in [1.807, 2.05) is 18.2 Å². The van der Waals surface area contributed by atoms with E-state index in [1.165, 1.54) is 24.3 Å². The molecule has 0 saturated heterocycles. The predicted molar refractivity (Wildman–Crippen MR) is 95.5 cm³/mol. The number of carbonyl (C=O) groups is 1. The smallest absolute Gasteiger partial charge is 0.349 e. The summed E-state index contributed by atoms with van der Waals surface area (Å²) in [6, 6.07) is 12.7. The number of amides is 1. The molecule has 0 spiro atoms. The van der Waals surface area contributed by atoms with Crippen molar-refractivity contribution in [1.29, 1.82) is 0 Å². The van der Waals surface area contributed by atoms with Crippen LogP contribution in [0.5, 0.6) is 5.75 Å². The van der Waals surface area contributed by atoms with Gasteiger partial charge < -0.3 is 14.5 Å². The van der Waals surface area contributed by atoms with Gasteiger partial charge in [0.2, 0.25) is 0 Å². The molecular formula is C20H17NO4.